The van der Waals surface area contributed by atoms with Gasteiger partial charge in [0.2, 0.25) is 10.0 Å². The summed E-state index contributed by atoms with van der Waals surface area (Å²) in [7, 11) is -3.49. The van der Waals surface area contributed by atoms with Crippen LogP contribution in [0.15, 0.2) is 24.3 Å². The first-order valence-electron chi connectivity index (χ1n) is 6.65. The molecule has 0 aliphatic heterocycles. The molecule has 0 heterocycles. The van der Waals surface area contributed by atoms with Crippen LogP contribution in [0, 0.1) is 17.2 Å². The van der Waals surface area contributed by atoms with Crippen LogP contribution in [0.3, 0.4) is 0 Å². The lowest BCUT2D eigenvalue weighted by Crippen LogP contribution is -2.33. The van der Waals surface area contributed by atoms with Gasteiger partial charge in [-0.2, -0.15) is 5.26 Å². The average molecular weight is 294 g/mol. The Morgan fingerprint density at radius 3 is 2.75 bits per heavy atom. The van der Waals surface area contributed by atoms with Crippen molar-refractivity contribution >= 4 is 10.0 Å². The highest BCUT2D eigenvalue weighted by Crippen LogP contribution is 2.25. The molecule has 1 fully saturated rings. The fourth-order valence-corrected chi connectivity index (χ4v) is 3.73. The van der Waals surface area contributed by atoms with Crippen LogP contribution in [-0.4, -0.2) is 26.2 Å². The zero-order chi connectivity index (χ0) is 14.6. The summed E-state index contributed by atoms with van der Waals surface area (Å²) in [6.07, 6.45) is 2.11. The fourth-order valence-electron chi connectivity index (χ4n) is 2.50. The Kier molecular flexibility index (Phi) is 4.76. The molecular weight excluding hydrogens is 276 g/mol. The molecule has 0 saturated heterocycles. The van der Waals surface area contributed by atoms with Gasteiger partial charge in [0.25, 0.3) is 0 Å². The predicted molar refractivity (Wildman–Crippen MR) is 75.1 cm³/mol. The van der Waals surface area contributed by atoms with Crippen LogP contribution in [-0.2, 0) is 15.8 Å². The van der Waals surface area contributed by atoms with Crippen molar-refractivity contribution < 1.29 is 13.5 Å². The first-order valence-corrected chi connectivity index (χ1v) is 8.30. The van der Waals surface area contributed by atoms with E-state index in [-0.39, 0.29) is 18.2 Å². The van der Waals surface area contributed by atoms with Crippen LogP contribution in [0.5, 0.6) is 0 Å². The number of benzene rings is 1. The average Bonchev–Trinajstić information content (AvgIpc) is 2.82. The fraction of sp³-hybridized carbons (Fsp3) is 0.500. The van der Waals surface area contributed by atoms with Gasteiger partial charge in [-0.05, 0) is 30.4 Å². The molecule has 1 aromatic rings. The van der Waals surface area contributed by atoms with Gasteiger partial charge in [0, 0.05) is 6.54 Å². The largest absolute Gasteiger partial charge is 0.393 e. The number of aliphatic hydroxyl groups excluding tert-OH is 1. The summed E-state index contributed by atoms with van der Waals surface area (Å²) in [5, 5.41) is 18.6. The van der Waals surface area contributed by atoms with Gasteiger partial charge in [-0.15, -0.1) is 0 Å². The Balaban J connectivity index is 1.99. The maximum Gasteiger partial charge on any atom is 0.215 e. The number of hydrogen-bond acceptors (Lipinski definition) is 4. The van der Waals surface area contributed by atoms with E-state index in [2.05, 4.69) is 4.72 Å². The van der Waals surface area contributed by atoms with Gasteiger partial charge in [-0.3, -0.25) is 0 Å². The topological polar surface area (TPSA) is 90.2 Å². The maximum atomic E-state index is 12.0. The van der Waals surface area contributed by atoms with Crippen molar-refractivity contribution in [1.29, 1.82) is 5.26 Å². The molecule has 0 amide bonds. The number of nitrogens with zero attached hydrogens (tertiary/aromatic N) is 1. The lowest BCUT2D eigenvalue weighted by molar-refractivity contribution is 0.134. The molecule has 0 radical (unpaired) electrons. The van der Waals surface area contributed by atoms with E-state index in [4.69, 9.17) is 5.26 Å². The van der Waals surface area contributed by atoms with Gasteiger partial charge in [0.1, 0.15) is 0 Å². The minimum absolute atomic E-state index is 0.00372. The Morgan fingerprint density at radius 2 is 2.10 bits per heavy atom. The quantitative estimate of drug-likeness (QED) is 0.852. The number of nitriles is 1. The molecule has 1 aliphatic rings. The highest BCUT2D eigenvalue weighted by molar-refractivity contribution is 7.88. The number of aliphatic hydroxyl groups is 1. The second kappa shape index (κ2) is 6.35. The summed E-state index contributed by atoms with van der Waals surface area (Å²) in [6.45, 7) is 0.262. The Hall–Kier alpha value is -1.42. The van der Waals surface area contributed by atoms with Crippen molar-refractivity contribution in [1.82, 2.24) is 4.72 Å². The summed E-state index contributed by atoms with van der Waals surface area (Å²) >= 11 is 0. The Morgan fingerprint density at radius 1 is 1.35 bits per heavy atom. The van der Waals surface area contributed by atoms with Crippen molar-refractivity contribution in [3.05, 3.63) is 35.4 Å². The summed E-state index contributed by atoms with van der Waals surface area (Å²) in [6, 6.07) is 8.65. The Labute approximate surface area is 119 Å². The Bertz CT molecular complexity index is 607. The molecule has 2 rings (SSSR count). The van der Waals surface area contributed by atoms with Crippen molar-refractivity contribution in [3.63, 3.8) is 0 Å². The highest BCUT2D eigenvalue weighted by atomic mass is 32.2. The molecule has 0 aromatic heterocycles. The van der Waals surface area contributed by atoms with E-state index in [0.717, 1.165) is 19.3 Å². The number of hydrogen-bond donors (Lipinski definition) is 2. The maximum absolute atomic E-state index is 12.0. The zero-order valence-electron chi connectivity index (χ0n) is 11.1. The van der Waals surface area contributed by atoms with Crippen LogP contribution < -0.4 is 4.72 Å². The summed E-state index contributed by atoms with van der Waals surface area (Å²) in [5.41, 5.74) is 0.869. The third kappa shape index (κ3) is 3.79. The second-order valence-electron chi connectivity index (χ2n) is 5.13. The minimum Gasteiger partial charge on any atom is -0.393 e. The van der Waals surface area contributed by atoms with Crippen LogP contribution in [0.2, 0.25) is 0 Å². The molecule has 20 heavy (non-hydrogen) atoms. The normalized spacial score (nSPS) is 22.6. The molecule has 1 aliphatic carbocycles. The smallest absolute Gasteiger partial charge is 0.215 e. The molecule has 0 bridgehead atoms. The molecule has 5 nitrogen and oxygen atoms in total. The molecule has 2 N–H and O–H groups in total. The van der Waals surface area contributed by atoms with Crippen molar-refractivity contribution in [2.24, 2.45) is 5.92 Å². The van der Waals surface area contributed by atoms with Crippen molar-refractivity contribution in [2.75, 3.05) is 6.54 Å². The van der Waals surface area contributed by atoms with Gasteiger partial charge in [-0.25, -0.2) is 13.1 Å². The van der Waals surface area contributed by atoms with Crippen LogP contribution >= 0.6 is 0 Å². The first-order chi connectivity index (χ1) is 9.52. The van der Waals surface area contributed by atoms with E-state index in [1.54, 1.807) is 24.3 Å². The predicted octanol–water partition coefficient (Wildman–Crippen LogP) is 1.14. The first kappa shape index (κ1) is 15.0. The zero-order valence-corrected chi connectivity index (χ0v) is 11.9. The van der Waals surface area contributed by atoms with E-state index in [0.29, 0.717) is 11.1 Å². The van der Waals surface area contributed by atoms with Crippen LogP contribution in [0.4, 0.5) is 0 Å². The van der Waals surface area contributed by atoms with Crippen molar-refractivity contribution in [2.45, 2.75) is 31.1 Å². The molecule has 2 unspecified atom stereocenters. The van der Waals surface area contributed by atoms with Crippen LogP contribution in [0.1, 0.15) is 30.4 Å². The second-order valence-corrected chi connectivity index (χ2v) is 6.94. The summed E-state index contributed by atoms with van der Waals surface area (Å²) < 4.78 is 26.6. The van der Waals surface area contributed by atoms with Gasteiger partial charge >= 0.3 is 0 Å². The van der Waals surface area contributed by atoms with Crippen molar-refractivity contribution in [3.8, 4) is 6.07 Å². The number of rotatable bonds is 5. The van der Waals surface area contributed by atoms with Crippen LogP contribution in [0.25, 0.3) is 0 Å². The van der Waals surface area contributed by atoms with E-state index < -0.39 is 16.1 Å². The molecule has 108 valence electrons. The van der Waals surface area contributed by atoms with E-state index in [1.165, 1.54) is 0 Å². The van der Waals surface area contributed by atoms with E-state index in [9.17, 15) is 13.5 Å². The standard InChI is InChI=1S/C14H18N2O3S/c15-8-11-4-1-2-5-13(11)10-20(18,19)16-9-12-6-3-7-14(12)17/h1-2,4-5,12,14,16-17H,3,6-7,9-10H2. The minimum atomic E-state index is -3.49. The monoisotopic (exact) mass is 294 g/mol. The van der Waals surface area contributed by atoms with Gasteiger partial charge in [0.15, 0.2) is 0 Å². The van der Waals surface area contributed by atoms with E-state index >= 15 is 0 Å². The van der Waals surface area contributed by atoms with Gasteiger partial charge < -0.3 is 5.11 Å². The molecular formula is C14H18N2O3S. The van der Waals surface area contributed by atoms with Gasteiger partial charge in [-0.1, -0.05) is 24.6 Å². The SMILES string of the molecule is N#Cc1ccccc1CS(=O)(=O)NCC1CCCC1O. The summed E-state index contributed by atoms with van der Waals surface area (Å²) in [4.78, 5) is 0. The number of sulfonamides is 1. The molecule has 1 saturated carbocycles. The molecule has 2 atom stereocenters. The van der Waals surface area contributed by atoms with E-state index in [1.807, 2.05) is 6.07 Å². The lowest BCUT2D eigenvalue weighted by Gasteiger charge is -2.15. The number of nitrogens with one attached hydrogen (secondary N) is 1. The molecule has 1 aromatic carbocycles. The van der Waals surface area contributed by atoms with Gasteiger partial charge in [0.05, 0.1) is 23.5 Å². The summed E-state index contributed by atoms with van der Waals surface area (Å²) in [5.74, 6) is -0.212. The lowest BCUT2D eigenvalue weighted by atomic mass is 10.1. The molecule has 0 spiro atoms. The molecule has 6 heteroatoms. The third-order valence-corrected chi connectivity index (χ3v) is 4.97. The highest BCUT2D eigenvalue weighted by Gasteiger charge is 2.26. The third-order valence-electron chi connectivity index (χ3n) is 3.67.